The lowest BCUT2D eigenvalue weighted by atomic mass is 10.3. The number of hydrogen-bond acceptors (Lipinski definition) is 7. The normalized spacial score (nSPS) is 10.4. The fraction of sp³-hybridized carbons (Fsp3) is 0.417. The van der Waals surface area contributed by atoms with Gasteiger partial charge in [0.25, 0.3) is 0 Å². The quantitative estimate of drug-likeness (QED) is 0.830. The monoisotopic (exact) mass is 297 g/mol. The number of methoxy groups -OCH3 is 1. The Kier molecular flexibility index (Phi) is 4.86. The number of nitrogens with zero attached hydrogens (tertiary/aromatic N) is 2. The number of carbonyl (C=O) groups is 1. The maximum absolute atomic E-state index is 11.2. The first kappa shape index (κ1) is 14.0. The lowest BCUT2D eigenvalue weighted by Gasteiger charge is -1.98. The lowest BCUT2D eigenvalue weighted by molar-refractivity contribution is -0.139. The van der Waals surface area contributed by atoms with Crippen molar-refractivity contribution in [2.24, 2.45) is 0 Å². The van der Waals surface area contributed by atoms with Crippen LogP contribution in [0.15, 0.2) is 12.1 Å². The van der Waals surface area contributed by atoms with Crippen molar-refractivity contribution in [1.82, 2.24) is 10.2 Å². The first-order valence-electron chi connectivity index (χ1n) is 5.92. The van der Waals surface area contributed by atoms with Gasteiger partial charge in [0.05, 0.1) is 20.1 Å². The van der Waals surface area contributed by atoms with Gasteiger partial charge in [0.1, 0.15) is 5.01 Å². The van der Waals surface area contributed by atoms with E-state index in [1.165, 1.54) is 7.11 Å². The third kappa shape index (κ3) is 4.00. The molecule has 0 saturated carbocycles. The number of thiophene rings is 1. The van der Waals surface area contributed by atoms with Crippen molar-refractivity contribution in [2.45, 2.75) is 26.3 Å². The summed E-state index contributed by atoms with van der Waals surface area (Å²) in [7, 11) is 1.40. The molecule has 0 fully saturated rings. The molecule has 1 N–H and O–H groups in total. The van der Waals surface area contributed by atoms with E-state index < -0.39 is 0 Å². The minimum Gasteiger partial charge on any atom is -0.469 e. The number of nitrogens with one attached hydrogen (secondary N) is 1. The number of esters is 1. The smallest absolute Gasteiger partial charge is 0.310 e. The van der Waals surface area contributed by atoms with E-state index >= 15 is 0 Å². The lowest BCUT2D eigenvalue weighted by Crippen LogP contribution is -2.02. The van der Waals surface area contributed by atoms with Gasteiger partial charge in [-0.2, -0.15) is 0 Å². The van der Waals surface area contributed by atoms with Crippen LogP contribution in [0.1, 0.15) is 21.7 Å². The largest absolute Gasteiger partial charge is 0.469 e. The van der Waals surface area contributed by atoms with E-state index in [0.717, 1.165) is 26.3 Å². The van der Waals surface area contributed by atoms with Crippen molar-refractivity contribution >= 4 is 33.8 Å². The standard InChI is InChI=1S/C12H15N3O2S2/c1-3-10-14-15-12(19-10)13-7-9-5-4-8(18-9)6-11(16)17-2/h4-5H,3,6-7H2,1-2H3,(H,13,15). The van der Waals surface area contributed by atoms with Crippen LogP contribution in [0.3, 0.4) is 0 Å². The topological polar surface area (TPSA) is 64.1 Å². The Morgan fingerprint density at radius 1 is 1.32 bits per heavy atom. The second-order valence-corrected chi connectivity index (χ2v) is 6.14. The molecular formula is C12H15N3O2S2. The molecule has 7 heteroatoms. The number of ether oxygens (including phenoxy) is 1. The predicted octanol–water partition coefficient (Wildman–Crippen LogP) is 2.49. The van der Waals surface area contributed by atoms with Gasteiger partial charge in [0.15, 0.2) is 0 Å². The summed E-state index contributed by atoms with van der Waals surface area (Å²) in [5.74, 6) is -0.210. The van der Waals surface area contributed by atoms with E-state index in [0.29, 0.717) is 13.0 Å². The molecule has 19 heavy (non-hydrogen) atoms. The van der Waals surface area contributed by atoms with E-state index in [9.17, 15) is 4.79 Å². The fourth-order valence-corrected chi connectivity index (χ4v) is 3.08. The van der Waals surface area contributed by atoms with E-state index in [-0.39, 0.29) is 5.97 Å². The summed E-state index contributed by atoms with van der Waals surface area (Å²) in [6.45, 7) is 2.76. The highest BCUT2D eigenvalue weighted by atomic mass is 32.1. The molecule has 5 nitrogen and oxygen atoms in total. The Labute approximate surface area is 119 Å². The summed E-state index contributed by atoms with van der Waals surface area (Å²) < 4.78 is 4.64. The van der Waals surface area contributed by atoms with Crippen LogP contribution in [0.4, 0.5) is 5.13 Å². The van der Waals surface area contributed by atoms with Gasteiger partial charge in [-0.25, -0.2) is 0 Å². The average molecular weight is 297 g/mol. The van der Waals surface area contributed by atoms with Gasteiger partial charge in [-0.3, -0.25) is 4.79 Å². The first-order valence-corrected chi connectivity index (χ1v) is 7.55. The molecule has 0 aliphatic heterocycles. The number of carbonyl (C=O) groups excluding carboxylic acids is 1. The highest BCUT2D eigenvalue weighted by Gasteiger charge is 2.07. The molecule has 2 heterocycles. The van der Waals surface area contributed by atoms with Gasteiger partial charge >= 0.3 is 5.97 Å². The Balaban J connectivity index is 1.87. The van der Waals surface area contributed by atoms with Gasteiger partial charge in [0, 0.05) is 9.75 Å². The summed E-state index contributed by atoms with van der Waals surface area (Å²) in [4.78, 5) is 13.3. The number of anilines is 1. The molecule has 0 aromatic carbocycles. The van der Waals surface area contributed by atoms with Crippen LogP contribution in [0.2, 0.25) is 0 Å². The van der Waals surface area contributed by atoms with Crippen molar-refractivity contribution < 1.29 is 9.53 Å². The van der Waals surface area contributed by atoms with Crippen LogP contribution in [0, 0.1) is 0 Å². The molecule has 0 atom stereocenters. The van der Waals surface area contributed by atoms with Crippen LogP contribution in [0.25, 0.3) is 0 Å². The Hall–Kier alpha value is -1.47. The first-order chi connectivity index (χ1) is 9.21. The van der Waals surface area contributed by atoms with Gasteiger partial charge in [0.2, 0.25) is 5.13 Å². The van der Waals surface area contributed by atoms with Crippen molar-refractivity contribution in [3.05, 3.63) is 26.9 Å². The zero-order valence-corrected chi connectivity index (χ0v) is 12.4. The molecule has 0 amide bonds. The summed E-state index contributed by atoms with van der Waals surface area (Å²) in [6, 6.07) is 3.97. The zero-order valence-electron chi connectivity index (χ0n) is 10.8. The molecule has 102 valence electrons. The van der Waals surface area contributed by atoms with E-state index in [1.54, 1.807) is 22.7 Å². The Morgan fingerprint density at radius 2 is 2.11 bits per heavy atom. The third-order valence-electron chi connectivity index (χ3n) is 2.45. The number of aromatic nitrogens is 2. The average Bonchev–Trinajstić information content (AvgIpc) is 3.05. The van der Waals surface area contributed by atoms with Crippen molar-refractivity contribution in [2.75, 3.05) is 12.4 Å². The SMILES string of the molecule is CCc1nnc(NCc2ccc(CC(=O)OC)s2)s1. The molecule has 0 bridgehead atoms. The maximum atomic E-state index is 11.2. The van der Waals surface area contributed by atoms with E-state index in [4.69, 9.17) is 0 Å². The van der Waals surface area contributed by atoms with Crippen molar-refractivity contribution in [3.8, 4) is 0 Å². The molecule has 2 rings (SSSR count). The number of aryl methyl sites for hydroxylation is 1. The van der Waals surface area contributed by atoms with Crippen LogP contribution < -0.4 is 5.32 Å². The van der Waals surface area contributed by atoms with Crippen molar-refractivity contribution in [1.29, 1.82) is 0 Å². The van der Waals surface area contributed by atoms with Gasteiger partial charge < -0.3 is 10.1 Å². The molecule has 0 aliphatic carbocycles. The number of hydrogen-bond donors (Lipinski definition) is 1. The van der Waals surface area contributed by atoms with Gasteiger partial charge in [-0.15, -0.1) is 21.5 Å². The molecule has 0 spiro atoms. The van der Waals surface area contributed by atoms with Crippen LogP contribution >= 0.6 is 22.7 Å². The minimum absolute atomic E-state index is 0.210. The highest BCUT2D eigenvalue weighted by molar-refractivity contribution is 7.15. The number of rotatable bonds is 6. The predicted molar refractivity (Wildman–Crippen MR) is 76.7 cm³/mol. The third-order valence-corrected chi connectivity index (χ3v) is 4.56. The molecular weight excluding hydrogens is 282 g/mol. The molecule has 0 radical (unpaired) electrons. The van der Waals surface area contributed by atoms with Crippen LogP contribution in [-0.2, 0) is 28.9 Å². The fourth-order valence-electron chi connectivity index (χ4n) is 1.46. The van der Waals surface area contributed by atoms with Crippen LogP contribution in [-0.4, -0.2) is 23.3 Å². The zero-order chi connectivity index (χ0) is 13.7. The molecule has 2 aromatic heterocycles. The van der Waals surface area contributed by atoms with E-state index in [1.807, 2.05) is 12.1 Å². The van der Waals surface area contributed by atoms with Crippen LogP contribution in [0.5, 0.6) is 0 Å². The molecule has 2 aromatic rings. The van der Waals surface area contributed by atoms with Crippen molar-refractivity contribution in [3.63, 3.8) is 0 Å². The van der Waals surface area contributed by atoms with Gasteiger partial charge in [-0.05, 0) is 18.6 Å². The highest BCUT2D eigenvalue weighted by Crippen LogP contribution is 2.20. The van der Waals surface area contributed by atoms with E-state index in [2.05, 4.69) is 27.2 Å². The Morgan fingerprint density at radius 3 is 2.79 bits per heavy atom. The summed E-state index contributed by atoms with van der Waals surface area (Å²) in [5, 5.41) is 13.2. The Bertz CT molecular complexity index is 551. The van der Waals surface area contributed by atoms with Gasteiger partial charge in [-0.1, -0.05) is 18.3 Å². The maximum Gasteiger partial charge on any atom is 0.310 e. The second kappa shape index (κ2) is 6.63. The second-order valence-electron chi connectivity index (χ2n) is 3.83. The molecule has 0 aliphatic rings. The molecule has 0 saturated heterocycles. The minimum atomic E-state index is -0.210. The summed E-state index contributed by atoms with van der Waals surface area (Å²) in [5.41, 5.74) is 0. The molecule has 0 unspecified atom stereocenters. The summed E-state index contributed by atoms with van der Waals surface area (Å²) >= 11 is 3.17. The summed E-state index contributed by atoms with van der Waals surface area (Å²) in [6.07, 6.45) is 1.24.